The van der Waals surface area contributed by atoms with Crippen molar-refractivity contribution in [1.82, 2.24) is 15.2 Å². The Balaban J connectivity index is 0.000000980. The van der Waals surface area contributed by atoms with Crippen LogP contribution in [0.15, 0.2) is 18.3 Å². The summed E-state index contributed by atoms with van der Waals surface area (Å²) in [4.78, 5) is 15.1. The Labute approximate surface area is 82.1 Å². The van der Waals surface area contributed by atoms with Crippen LogP contribution in [0.3, 0.4) is 0 Å². The largest absolute Gasteiger partial charge is 0.464 e. The zero-order valence-corrected chi connectivity index (χ0v) is 7.52. The molecule has 0 aromatic carbocycles. The van der Waals surface area contributed by atoms with Gasteiger partial charge in [0.1, 0.15) is 0 Å². The number of methoxy groups -OCH3 is 1. The lowest BCUT2D eigenvalue weighted by Gasteiger charge is -1.96. The molecule has 6 heteroatoms. The summed E-state index contributed by atoms with van der Waals surface area (Å²) in [6.45, 7) is 0. The second-order valence-electron chi connectivity index (χ2n) is 2.50. The van der Waals surface area contributed by atoms with Crippen molar-refractivity contribution < 1.29 is 9.53 Å². The van der Waals surface area contributed by atoms with E-state index in [9.17, 15) is 4.79 Å². The third kappa shape index (κ3) is 1.59. The molecule has 2 aromatic rings. The molecule has 0 bridgehead atoms. The summed E-state index contributed by atoms with van der Waals surface area (Å²) >= 11 is 0. The molecule has 69 valence electrons. The fourth-order valence-corrected chi connectivity index (χ4v) is 1.04. The third-order valence-corrected chi connectivity index (χ3v) is 1.70. The Hall–Kier alpha value is -1.85. The van der Waals surface area contributed by atoms with E-state index in [-0.39, 0.29) is 14.1 Å². The molecule has 2 rings (SSSR count). The van der Waals surface area contributed by atoms with E-state index in [0.717, 1.165) is 5.39 Å². The number of aromatic nitrogens is 3. The zero-order chi connectivity index (χ0) is 9.26. The van der Waals surface area contributed by atoms with Gasteiger partial charge in [-0.2, -0.15) is 5.10 Å². The van der Waals surface area contributed by atoms with Gasteiger partial charge in [-0.3, -0.25) is 5.10 Å². The molecule has 0 amide bonds. The second kappa shape index (κ2) is 3.91. The van der Waals surface area contributed by atoms with Gasteiger partial charge in [-0.1, -0.05) is 0 Å². The number of carbonyl (C=O) groups excluding carboxylic acids is 1. The van der Waals surface area contributed by atoms with Crippen LogP contribution in [0, 0.1) is 0 Å². The van der Waals surface area contributed by atoms with E-state index >= 15 is 0 Å². The normalized spacial score (nSPS) is 9.50. The molecule has 2 aromatic heterocycles. The van der Waals surface area contributed by atoms with Crippen LogP contribution in [0.1, 0.15) is 10.5 Å². The van der Waals surface area contributed by atoms with Gasteiger partial charge in [-0.15, -0.1) is 0 Å². The summed E-state index contributed by atoms with van der Waals surface area (Å²) in [7, 11) is 1.32. The number of ether oxygens (including phenoxy) is 1. The maximum absolute atomic E-state index is 11.1. The van der Waals surface area contributed by atoms with Gasteiger partial charge in [-0.25, -0.2) is 9.78 Å². The fraction of sp³-hybridized carbons (Fsp3) is 0.125. The Bertz CT molecular complexity index is 455. The lowest BCUT2D eigenvalue weighted by molar-refractivity contribution is 0.0594. The highest BCUT2D eigenvalue weighted by Crippen LogP contribution is 2.08. The molecule has 3 radical (unpaired) electrons. The maximum Gasteiger partial charge on any atom is 0.356 e. The van der Waals surface area contributed by atoms with E-state index in [2.05, 4.69) is 19.9 Å². The molecule has 1 N–H and O–H groups in total. The number of esters is 1. The van der Waals surface area contributed by atoms with Crippen LogP contribution in [-0.4, -0.2) is 36.7 Å². The summed E-state index contributed by atoms with van der Waals surface area (Å²) in [6.07, 6.45) is 1.64. The quantitative estimate of drug-likeness (QED) is 0.518. The average molecular weight is 188 g/mol. The molecule has 0 aliphatic carbocycles. The Morgan fingerprint density at radius 3 is 3.00 bits per heavy atom. The first-order valence-electron chi connectivity index (χ1n) is 3.69. The highest BCUT2D eigenvalue weighted by Gasteiger charge is 2.07. The number of fused-ring (bicyclic) bond motifs is 1. The first kappa shape index (κ1) is 10.2. The molecule has 5 nitrogen and oxygen atoms in total. The fourth-order valence-electron chi connectivity index (χ4n) is 1.04. The van der Waals surface area contributed by atoms with Gasteiger partial charge in [0.15, 0.2) is 11.3 Å². The van der Waals surface area contributed by atoms with Crippen LogP contribution in [0.4, 0.5) is 0 Å². The number of hydrogen-bond donors (Lipinski definition) is 1. The van der Waals surface area contributed by atoms with Gasteiger partial charge in [-0.05, 0) is 12.1 Å². The molecule has 0 saturated carbocycles. The van der Waals surface area contributed by atoms with E-state index < -0.39 is 5.97 Å². The molecule has 0 unspecified atom stereocenters. The lowest BCUT2D eigenvalue weighted by atomic mass is 10.3. The Morgan fingerprint density at radius 1 is 1.50 bits per heavy atom. The highest BCUT2D eigenvalue weighted by molar-refractivity contribution is 5.89. The van der Waals surface area contributed by atoms with Crippen LogP contribution in [0.5, 0.6) is 0 Å². The molecule has 0 aliphatic rings. The van der Waals surface area contributed by atoms with Gasteiger partial charge < -0.3 is 4.74 Å². The van der Waals surface area contributed by atoms with Crippen molar-refractivity contribution in [2.24, 2.45) is 0 Å². The molecule has 14 heavy (non-hydrogen) atoms. The summed E-state index contributed by atoms with van der Waals surface area (Å²) in [6, 6.07) is 3.36. The van der Waals surface area contributed by atoms with Crippen molar-refractivity contribution >= 4 is 25.4 Å². The molecular formula is C8H7BN3O2. The van der Waals surface area contributed by atoms with E-state index in [1.54, 1.807) is 18.3 Å². The average Bonchev–Trinajstić information content (AvgIpc) is 2.63. The minimum atomic E-state index is -0.448. The predicted octanol–water partition coefficient (Wildman–Crippen LogP) is 0.364. The monoisotopic (exact) mass is 188 g/mol. The molecule has 0 fully saturated rings. The van der Waals surface area contributed by atoms with E-state index in [1.807, 2.05) is 0 Å². The van der Waals surface area contributed by atoms with E-state index in [0.29, 0.717) is 5.65 Å². The molecule has 0 spiro atoms. The van der Waals surface area contributed by atoms with Crippen molar-refractivity contribution in [3.05, 3.63) is 24.0 Å². The topological polar surface area (TPSA) is 67.9 Å². The number of hydrogen-bond acceptors (Lipinski definition) is 4. The molecule has 0 atom stereocenters. The van der Waals surface area contributed by atoms with Gasteiger partial charge in [0, 0.05) is 13.8 Å². The highest BCUT2D eigenvalue weighted by atomic mass is 16.5. The SMILES string of the molecule is COC(=O)c1ccc2cn[nH]c2n1.[B]. The smallest absolute Gasteiger partial charge is 0.356 e. The van der Waals surface area contributed by atoms with Crippen molar-refractivity contribution in [3.63, 3.8) is 0 Å². The van der Waals surface area contributed by atoms with Crippen LogP contribution in [-0.2, 0) is 4.74 Å². The number of H-pyrrole nitrogens is 1. The molecule has 0 saturated heterocycles. The van der Waals surface area contributed by atoms with Crippen molar-refractivity contribution in [2.45, 2.75) is 0 Å². The molecular weight excluding hydrogens is 181 g/mol. The first-order valence-corrected chi connectivity index (χ1v) is 3.69. The van der Waals surface area contributed by atoms with Crippen LogP contribution in [0.2, 0.25) is 0 Å². The summed E-state index contributed by atoms with van der Waals surface area (Å²) in [5.41, 5.74) is 0.863. The van der Waals surface area contributed by atoms with Gasteiger partial charge >= 0.3 is 5.97 Å². The van der Waals surface area contributed by atoms with Gasteiger partial charge in [0.2, 0.25) is 0 Å². The number of nitrogens with zero attached hydrogens (tertiary/aromatic N) is 2. The summed E-state index contributed by atoms with van der Waals surface area (Å²) in [5, 5.41) is 7.33. The zero-order valence-electron chi connectivity index (χ0n) is 7.52. The summed E-state index contributed by atoms with van der Waals surface area (Å²) in [5.74, 6) is -0.448. The number of carbonyl (C=O) groups is 1. The summed E-state index contributed by atoms with van der Waals surface area (Å²) < 4.78 is 4.53. The number of aromatic amines is 1. The maximum atomic E-state index is 11.1. The van der Waals surface area contributed by atoms with Gasteiger partial charge in [0.25, 0.3) is 0 Å². The van der Waals surface area contributed by atoms with Crippen LogP contribution in [0.25, 0.3) is 11.0 Å². The lowest BCUT2D eigenvalue weighted by Crippen LogP contribution is -2.03. The van der Waals surface area contributed by atoms with Crippen LogP contribution < -0.4 is 0 Å². The number of rotatable bonds is 1. The minimum Gasteiger partial charge on any atom is -0.464 e. The number of pyridine rings is 1. The van der Waals surface area contributed by atoms with E-state index in [4.69, 9.17) is 0 Å². The standard InChI is InChI=1S/C8H7N3O2.B/c1-13-8(12)6-3-2-5-4-9-11-7(5)10-6;/h2-4H,1H3,(H,9,10,11);. The minimum absolute atomic E-state index is 0. The van der Waals surface area contributed by atoms with Crippen molar-refractivity contribution in [2.75, 3.05) is 7.11 Å². The number of nitrogens with one attached hydrogen (secondary N) is 1. The van der Waals surface area contributed by atoms with Crippen LogP contribution >= 0.6 is 0 Å². The first-order chi connectivity index (χ1) is 6.31. The predicted molar refractivity (Wildman–Crippen MR) is 51.0 cm³/mol. The van der Waals surface area contributed by atoms with Crippen molar-refractivity contribution in [1.29, 1.82) is 0 Å². The molecule has 0 aliphatic heterocycles. The third-order valence-electron chi connectivity index (χ3n) is 1.70. The molecule has 2 heterocycles. The van der Waals surface area contributed by atoms with Crippen molar-refractivity contribution in [3.8, 4) is 0 Å². The Kier molecular flexibility index (Phi) is 2.86. The Morgan fingerprint density at radius 2 is 2.29 bits per heavy atom. The van der Waals surface area contributed by atoms with E-state index in [1.165, 1.54) is 7.11 Å². The van der Waals surface area contributed by atoms with Gasteiger partial charge in [0.05, 0.1) is 13.3 Å². The second-order valence-corrected chi connectivity index (χ2v) is 2.50.